The van der Waals surface area contributed by atoms with Gasteiger partial charge in [-0.25, -0.2) is 9.37 Å². The third-order valence-electron chi connectivity index (χ3n) is 5.95. The Balaban J connectivity index is 1.28. The highest BCUT2D eigenvalue weighted by atomic mass is 19.1. The number of nitrogens with one attached hydrogen (secondary N) is 1. The molecule has 33 heavy (non-hydrogen) atoms. The van der Waals surface area contributed by atoms with Crippen molar-refractivity contribution in [3.8, 4) is 11.6 Å². The standard InChI is InChI=1S/C26H26FN3O3/c1-17-3-9-23(15-18(17)2)33-24-10-8-22(16-28-24)29-25(31)19-11-13-30(14-12-19)26(32)20-4-6-21(27)7-5-20/h3-10,15-16,19H,11-14H2,1-2H3,(H,29,31). The summed E-state index contributed by atoms with van der Waals surface area (Å²) in [5.41, 5.74) is 3.38. The van der Waals surface area contributed by atoms with E-state index in [1.165, 1.54) is 29.8 Å². The molecule has 2 heterocycles. The summed E-state index contributed by atoms with van der Waals surface area (Å²) in [6, 6.07) is 14.8. The minimum absolute atomic E-state index is 0.0893. The lowest BCUT2D eigenvalue weighted by molar-refractivity contribution is -0.121. The van der Waals surface area contributed by atoms with E-state index in [9.17, 15) is 14.0 Å². The number of hydrogen-bond donors (Lipinski definition) is 1. The van der Waals surface area contributed by atoms with Gasteiger partial charge in [0.25, 0.3) is 5.91 Å². The molecule has 1 fully saturated rings. The van der Waals surface area contributed by atoms with E-state index in [0.717, 1.165) is 5.56 Å². The van der Waals surface area contributed by atoms with Crippen LogP contribution in [0.1, 0.15) is 34.3 Å². The molecule has 4 rings (SSSR count). The van der Waals surface area contributed by atoms with Gasteiger partial charge >= 0.3 is 0 Å². The second kappa shape index (κ2) is 9.81. The third-order valence-corrected chi connectivity index (χ3v) is 5.95. The van der Waals surface area contributed by atoms with Gasteiger partial charge in [0.1, 0.15) is 11.6 Å². The SMILES string of the molecule is Cc1ccc(Oc2ccc(NC(=O)C3CCN(C(=O)c4ccc(F)cc4)CC3)cn2)cc1C. The second-order valence-electron chi connectivity index (χ2n) is 8.30. The van der Waals surface area contributed by atoms with E-state index in [1.54, 1.807) is 23.2 Å². The average molecular weight is 448 g/mol. The zero-order chi connectivity index (χ0) is 23.4. The maximum Gasteiger partial charge on any atom is 0.253 e. The van der Waals surface area contributed by atoms with Crippen molar-refractivity contribution in [2.75, 3.05) is 18.4 Å². The van der Waals surface area contributed by atoms with Crippen molar-refractivity contribution in [3.05, 3.63) is 83.3 Å². The molecule has 0 bridgehead atoms. The minimum Gasteiger partial charge on any atom is -0.439 e. The van der Waals surface area contributed by atoms with Gasteiger partial charge in [0.15, 0.2) is 0 Å². The number of aryl methyl sites for hydroxylation is 2. The molecule has 0 unspecified atom stereocenters. The first-order valence-electron chi connectivity index (χ1n) is 11.0. The van der Waals surface area contributed by atoms with E-state index < -0.39 is 0 Å². The van der Waals surface area contributed by atoms with Crippen LogP contribution in [-0.2, 0) is 4.79 Å². The van der Waals surface area contributed by atoms with Crippen LogP contribution in [0, 0.1) is 25.6 Å². The fourth-order valence-electron chi connectivity index (χ4n) is 3.78. The minimum atomic E-state index is -0.374. The van der Waals surface area contributed by atoms with E-state index in [-0.39, 0.29) is 23.5 Å². The predicted molar refractivity (Wildman–Crippen MR) is 124 cm³/mol. The van der Waals surface area contributed by atoms with Crippen LogP contribution in [0.5, 0.6) is 11.6 Å². The number of carbonyl (C=O) groups is 2. The Morgan fingerprint density at radius 1 is 1.00 bits per heavy atom. The summed E-state index contributed by atoms with van der Waals surface area (Å²) in [7, 11) is 0. The maximum absolute atomic E-state index is 13.1. The molecule has 7 heteroatoms. The van der Waals surface area contributed by atoms with Crippen molar-refractivity contribution in [2.24, 2.45) is 5.92 Å². The van der Waals surface area contributed by atoms with Gasteiger partial charge in [-0.15, -0.1) is 0 Å². The smallest absolute Gasteiger partial charge is 0.253 e. The molecule has 2 amide bonds. The van der Waals surface area contributed by atoms with Gasteiger partial charge in [0.2, 0.25) is 11.8 Å². The normalized spacial score (nSPS) is 14.1. The van der Waals surface area contributed by atoms with Gasteiger partial charge in [-0.1, -0.05) is 6.07 Å². The lowest BCUT2D eigenvalue weighted by Crippen LogP contribution is -2.41. The quantitative estimate of drug-likeness (QED) is 0.589. The highest BCUT2D eigenvalue weighted by Gasteiger charge is 2.28. The summed E-state index contributed by atoms with van der Waals surface area (Å²) < 4.78 is 18.9. The van der Waals surface area contributed by atoms with Crippen molar-refractivity contribution in [3.63, 3.8) is 0 Å². The topological polar surface area (TPSA) is 71.5 Å². The molecule has 1 aliphatic heterocycles. The average Bonchev–Trinajstić information content (AvgIpc) is 2.83. The number of hydrogen-bond acceptors (Lipinski definition) is 4. The summed E-state index contributed by atoms with van der Waals surface area (Å²) in [6.07, 6.45) is 2.71. The first-order valence-corrected chi connectivity index (χ1v) is 11.0. The molecule has 1 aromatic heterocycles. The van der Waals surface area contributed by atoms with Crippen LogP contribution in [0.25, 0.3) is 0 Å². The summed E-state index contributed by atoms with van der Waals surface area (Å²) in [4.78, 5) is 31.2. The number of halogens is 1. The van der Waals surface area contributed by atoms with Gasteiger partial charge in [-0.3, -0.25) is 9.59 Å². The van der Waals surface area contributed by atoms with Crippen LogP contribution in [-0.4, -0.2) is 34.8 Å². The number of rotatable bonds is 5. The molecule has 1 N–H and O–H groups in total. The zero-order valence-electron chi connectivity index (χ0n) is 18.7. The second-order valence-corrected chi connectivity index (χ2v) is 8.30. The van der Waals surface area contributed by atoms with Crippen molar-refractivity contribution >= 4 is 17.5 Å². The summed E-state index contributed by atoms with van der Waals surface area (Å²) in [6.45, 7) is 5.03. The molecule has 0 aliphatic carbocycles. The Hall–Kier alpha value is -3.74. The number of piperidine rings is 1. The summed E-state index contributed by atoms with van der Waals surface area (Å²) >= 11 is 0. The maximum atomic E-state index is 13.1. The molecular formula is C26H26FN3O3. The number of nitrogens with zero attached hydrogens (tertiary/aromatic N) is 2. The largest absolute Gasteiger partial charge is 0.439 e. The van der Waals surface area contributed by atoms with Crippen molar-refractivity contribution in [1.29, 1.82) is 0 Å². The number of pyridine rings is 1. The number of amides is 2. The van der Waals surface area contributed by atoms with Crippen LogP contribution in [0.3, 0.4) is 0 Å². The lowest BCUT2D eigenvalue weighted by atomic mass is 9.95. The predicted octanol–water partition coefficient (Wildman–Crippen LogP) is 5.12. The molecule has 0 saturated carbocycles. The molecule has 170 valence electrons. The number of carbonyl (C=O) groups excluding carboxylic acids is 2. The Morgan fingerprint density at radius 3 is 2.36 bits per heavy atom. The third kappa shape index (κ3) is 5.55. The Labute approximate surface area is 192 Å². The molecule has 1 saturated heterocycles. The number of likely N-dealkylation sites (tertiary alicyclic amines) is 1. The summed E-state index contributed by atoms with van der Waals surface area (Å²) in [5, 5.41) is 2.90. The van der Waals surface area contributed by atoms with Crippen LogP contribution in [0.15, 0.2) is 60.8 Å². The van der Waals surface area contributed by atoms with E-state index >= 15 is 0 Å². The first kappa shape index (κ1) is 22.5. The Kier molecular flexibility index (Phi) is 6.68. The number of benzene rings is 2. The van der Waals surface area contributed by atoms with E-state index in [0.29, 0.717) is 48.8 Å². The van der Waals surface area contributed by atoms with Crippen LogP contribution in [0.2, 0.25) is 0 Å². The molecule has 0 spiro atoms. The van der Waals surface area contributed by atoms with E-state index in [1.807, 2.05) is 32.0 Å². The highest BCUT2D eigenvalue weighted by Crippen LogP contribution is 2.24. The fraction of sp³-hybridized carbons (Fsp3) is 0.269. The van der Waals surface area contributed by atoms with Crippen LogP contribution < -0.4 is 10.1 Å². The molecule has 0 atom stereocenters. The fourth-order valence-corrected chi connectivity index (χ4v) is 3.78. The molecule has 6 nitrogen and oxygen atoms in total. The van der Waals surface area contributed by atoms with E-state index in [2.05, 4.69) is 10.3 Å². The monoisotopic (exact) mass is 447 g/mol. The molecule has 1 aliphatic rings. The Morgan fingerprint density at radius 2 is 1.73 bits per heavy atom. The zero-order valence-corrected chi connectivity index (χ0v) is 18.7. The van der Waals surface area contributed by atoms with Crippen molar-refractivity contribution in [1.82, 2.24) is 9.88 Å². The van der Waals surface area contributed by atoms with Crippen LogP contribution >= 0.6 is 0 Å². The van der Waals surface area contributed by atoms with Gasteiger partial charge in [-0.05, 0) is 80.3 Å². The molecule has 2 aromatic carbocycles. The highest BCUT2D eigenvalue weighted by molar-refractivity contribution is 5.95. The summed E-state index contributed by atoms with van der Waals surface area (Å²) in [5.74, 6) is 0.370. The molecule has 0 radical (unpaired) electrons. The molecular weight excluding hydrogens is 421 g/mol. The van der Waals surface area contributed by atoms with Gasteiger partial charge in [0, 0.05) is 30.6 Å². The van der Waals surface area contributed by atoms with E-state index in [4.69, 9.17) is 4.74 Å². The van der Waals surface area contributed by atoms with Crippen molar-refractivity contribution < 1.29 is 18.7 Å². The van der Waals surface area contributed by atoms with Crippen molar-refractivity contribution in [2.45, 2.75) is 26.7 Å². The molecule has 3 aromatic rings. The first-order chi connectivity index (χ1) is 15.9. The number of aromatic nitrogens is 1. The van der Waals surface area contributed by atoms with Gasteiger partial charge in [0.05, 0.1) is 11.9 Å². The lowest BCUT2D eigenvalue weighted by Gasteiger charge is -2.31. The number of anilines is 1. The van der Waals surface area contributed by atoms with Gasteiger partial charge < -0.3 is 15.0 Å². The van der Waals surface area contributed by atoms with Gasteiger partial charge in [-0.2, -0.15) is 0 Å². The number of ether oxygens (including phenoxy) is 1. The van der Waals surface area contributed by atoms with Crippen LogP contribution in [0.4, 0.5) is 10.1 Å². The Bertz CT molecular complexity index is 1140.